The van der Waals surface area contributed by atoms with Crippen LogP contribution < -0.4 is 15.8 Å². The quantitative estimate of drug-likeness (QED) is 0.504. The lowest BCUT2D eigenvalue weighted by molar-refractivity contribution is 0.0583. The molecule has 35 heavy (non-hydrogen) atoms. The minimum atomic E-state index is -0.454. The van der Waals surface area contributed by atoms with Gasteiger partial charge in [-0.3, -0.25) is 9.59 Å². The molecule has 2 unspecified atom stereocenters. The van der Waals surface area contributed by atoms with Crippen molar-refractivity contribution in [1.29, 1.82) is 0 Å². The van der Waals surface area contributed by atoms with E-state index < -0.39 is 5.82 Å². The average molecular weight is 476 g/mol. The number of nitrogens with two attached hydrogens (primary N) is 1. The Bertz CT molecular complexity index is 1200. The first-order valence-electron chi connectivity index (χ1n) is 11.8. The van der Waals surface area contributed by atoms with Gasteiger partial charge < -0.3 is 20.7 Å². The van der Waals surface area contributed by atoms with Gasteiger partial charge in [-0.2, -0.15) is 0 Å². The van der Waals surface area contributed by atoms with E-state index in [1.165, 1.54) is 25.3 Å². The Morgan fingerprint density at radius 3 is 2.57 bits per heavy atom. The molecular formula is C28H30FN3O3. The molecule has 3 aromatic carbocycles. The monoisotopic (exact) mass is 475 g/mol. The van der Waals surface area contributed by atoms with E-state index in [1.807, 2.05) is 18.2 Å². The smallest absolute Gasteiger partial charge is 0.259 e. The van der Waals surface area contributed by atoms with Crippen LogP contribution in [0.4, 0.5) is 10.1 Å². The molecule has 1 fully saturated rings. The van der Waals surface area contributed by atoms with Crippen molar-refractivity contribution < 1.29 is 18.7 Å². The fourth-order valence-corrected chi connectivity index (χ4v) is 4.63. The maximum atomic E-state index is 13.9. The molecule has 0 bridgehead atoms. The SMILES string of the molecule is COc1ccccc1C(=O)Nc1cccc(CN(C(=O)c2cccc(F)c2)C2CCCCC2N)c1. The zero-order valence-corrected chi connectivity index (χ0v) is 19.7. The van der Waals surface area contributed by atoms with E-state index in [-0.39, 0.29) is 23.9 Å². The van der Waals surface area contributed by atoms with Gasteiger partial charge in [-0.05, 0) is 60.9 Å². The summed E-state index contributed by atoms with van der Waals surface area (Å²) >= 11 is 0. The number of anilines is 1. The van der Waals surface area contributed by atoms with Crippen molar-refractivity contribution >= 4 is 17.5 Å². The maximum Gasteiger partial charge on any atom is 0.259 e. The highest BCUT2D eigenvalue weighted by atomic mass is 19.1. The number of para-hydroxylation sites is 1. The van der Waals surface area contributed by atoms with E-state index >= 15 is 0 Å². The number of hydrogen-bond acceptors (Lipinski definition) is 4. The van der Waals surface area contributed by atoms with Crippen molar-refractivity contribution in [2.45, 2.75) is 44.3 Å². The van der Waals surface area contributed by atoms with Crippen LogP contribution in [-0.2, 0) is 6.54 Å². The van der Waals surface area contributed by atoms with E-state index in [1.54, 1.807) is 41.3 Å². The standard InChI is InChI=1S/C28H30FN3O3/c1-35-26-15-5-2-12-23(26)27(33)31-22-11-6-8-19(16-22)18-32(25-14-4-3-13-24(25)30)28(34)20-9-7-10-21(29)17-20/h2,5-12,15-17,24-25H,3-4,13-14,18,30H2,1H3,(H,31,33). The molecule has 2 atom stereocenters. The molecule has 7 heteroatoms. The second-order valence-electron chi connectivity index (χ2n) is 8.81. The van der Waals surface area contributed by atoms with Crippen LogP contribution in [0.1, 0.15) is 52.0 Å². The fraction of sp³-hybridized carbons (Fsp3) is 0.286. The number of rotatable bonds is 7. The number of ether oxygens (including phenoxy) is 1. The first kappa shape index (κ1) is 24.4. The van der Waals surface area contributed by atoms with Crippen molar-refractivity contribution in [3.8, 4) is 5.75 Å². The molecule has 1 saturated carbocycles. The van der Waals surface area contributed by atoms with Gasteiger partial charge in [0.1, 0.15) is 11.6 Å². The third-order valence-corrected chi connectivity index (χ3v) is 6.40. The number of methoxy groups -OCH3 is 1. The zero-order valence-electron chi connectivity index (χ0n) is 19.7. The molecule has 0 spiro atoms. The van der Waals surface area contributed by atoms with E-state index in [0.29, 0.717) is 29.1 Å². The maximum absolute atomic E-state index is 13.9. The number of hydrogen-bond donors (Lipinski definition) is 2. The molecule has 0 saturated heterocycles. The number of nitrogens with zero attached hydrogens (tertiary/aromatic N) is 1. The molecule has 0 aliphatic heterocycles. The van der Waals surface area contributed by atoms with Crippen LogP contribution in [0.2, 0.25) is 0 Å². The highest BCUT2D eigenvalue weighted by Crippen LogP contribution is 2.26. The van der Waals surface area contributed by atoms with Gasteiger partial charge in [0.15, 0.2) is 0 Å². The van der Waals surface area contributed by atoms with Gasteiger partial charge in [0.05, 0.1) is 12.7 Å². The Labute approximate surface area is 204 Å². The van der Waals surface area contributed by atoms with Crippen LogP contribution in [0.5, 0.6) is 5.75 Å². The second-order valence-corrected chi connectivity index (χ2v) is 8.81. The summed E-state index contributed by atoms with van der Waals surface area (Å²) in [4.78, 5) is 28.1. The summed E-state index contributed by atoms with van der Waals surface area (Å²) in [6.45, 7) is 0.298. The van der Waals surface area contributed by atoms with Crippen LogP contribution in [0.25, 0.3) is 0 Å². The predicted molar refractivity (Wildman–Crippen MR) is 134 cm³/mol. The van der Waals surface area contributed by atoms with Gasteiger partial charge in [-0.25, -0.2) is 4.39 Å². The van der Waals surface area contributed by atoms with E-state index in [9.17, 15) is 14.0 Å². The molecule has 182 valence electrons. The van der Waals surface area contributed by atoms with E-state index in [2.05, 4.69) is 5.32 Å². The summed E-state index contributed by atoms with van der Waals surface area (Å²) in [5.41, 5.74) is 8.59. The van der Waals surface area contributed by atoms with Gasteiger partial charge in [0.25, 0.3) is 11.8 Å². The van der Waals surface area contributed by atoms with Gasteiger partial charge in [-0.1, -0.05) is 43.2 Å². The number of nitrogens with one attached hydrogen (secondary N) is 1. The topological polar surface area (TPSA) is 84.7 Å². The van der Waals surface area contributed by atoms with Gasteiger partial charge in [0, 0.05) is 29.9 Å². The largest absolute Gasteiger partial charge is 0.496 e. The van der Waals surface area contributed by atoms with Crippen LogP contribution in [-0.4, -0.2) is 35.9 Å². The number of benzene rings is 3. The van der Waals surface area contributed by atoms with Gasteiger partial charge in [-0.15, -0.1) is 0 Å². The molecule has 6 nitrogen and oxygen atoms in total. The predicted octanol–water partition coefficient (Wildman–Crippen LogP) is 5.00. The van der Waals surface area contributed by atoms with Crippen molar-refractivity contribution in [1.82, 2.24) is 4.90 Å². The van der Waals surface area contributed by atoms with Crippen molar-refractivity contribution in [2.75, 3.05) is 12.4 Å². The minimum Gasteiger partial charge on any atom is -0.496 e. The van der Waals surface area contributed by atoms with Crippen LogP contribution in [0, 0.1) is 5.82 Å². The Kier molecular flexibility index (Phi) is 7.77. The van der Waals surface area contributed by atoms with Gasteiger partial charge >= 0.3 is 0 Å². The van der Waals surface area contributed by atoms with Gasteiger partial charge in [0.2, 0.25) is 0 Å². The van der Waals surface area contributed by atoms with Crippen LogP contribution in [0.15, 0.2) is 72.8 Å². The molecule has 0 aromatic heterocycles. The lowest BCUT2D eigenvalue weighted by Crippen LogP contribution is -2.51. The second kappa shape index (κ2) is 11.1. The van der Waals surface area contributed by atoms with Crippen molar-refractivity contribution in [3.63, 3.8) is 0 Å². The number of amides is 2. The summed E-state index contributed by atoms with van der Waals surface area (Å²) < 4.78 is 19.2. The Balaban J connectivity index is 1.58. The fourth-order valence-electron chi connectivity index (χ4n) is 4.63. The first-order chi connectivity index (χ1) is 17.0. The first-order valence-corrected chi connectivity index (χ1v) is 11.8. The highest BCUT2D eigenvalue weighted by Gasteiger charge is 2.31. The molecule has 4 rings (SSSR count). The molecule has 1 aliphatic rings. The lowest BCUT2D eigenvalue weighted by atomic mass is 9.89. The number of carbonyl (C=O) groups excluding carboxylic acids is 2. The van der Waals surface area contributed by atoms with Crippen LogP contribution >= 0.6 is 0 Å². The summed E-state index contributed by atoms with van der Waals surface area (Å²) in [5, 5.41) is 2.91. The molecule has 0 radical (unpaired) electrons. The average Bonchev–Trinajstić information content (AvgIpc) is 2.87. The molecule has 0 heterocycles. The Hall–Kier alpha value is -3.71. The highest BCUT2D eigenvalue weighted by molar-refractivity contribution is 6.06. The Morgan fingerprint density at radius 2 is 1.80 bits per heavy atom. The van der Waals surface area contributed by atoms with Crippen LogP contribution in [0.3, 0.4) is 0 Å². The molecule has 3 aromatic rings. The number of halogens is 1. The zero-order chi connectivity index (χ0) is 24.8. The Morgan fingerprint density at radius 1 is 1.03 bits per heavy atom. The lowest BCUT2D eigenvalue weighted by Gasteiger charge is -2.38. The normalized spacial score (nSPS) is 17.5. The molecular weight excluding hydrogens is 445 g/mol. The molecule has 1 aliphatic carbocycles. The van der Waals surface area contributed by atoms with E-state index in [0.717, 1.165) is 31.2 Å². The summed E-state index contributed by atoms with van der Waals surface area (Å²) in [6, 6.07) is 19.8. The third kappa shape index (κ3) is 5.87. The molecule has 3 N–H and O–H groups in total. The van der Waals surface area contributed by atoms with Crippen molar-refractivity contribution in [2.24, 2.45) is 5.73 Å². The summed E-state index contributed by atoms with van der Waals surface area (Å²) in [7, 11) is 1.52. The summed E-state index contributed by atoms with van der Waals surface area (Å²) in [6.07, 6.45) is 3.66. The van der Waals surface area contributed by atoms with Crippen molar-refractivity contribution in [3.05, 3.63) is 95.3 Å². The van der Waals surface area contributed by atoms with E-state index in [4.69, 9.17) is 10.5 Å². The third-order valence-electron chi connectivity index (χ3n) is 6.40. The minimum absolute atomic E-state index is 0.144. The summed E-state index contributed by atoms with van der Waals surface area (Å²) in [5.74, 6) is -0.513. The molecule has 2 amide bonds. The number of carbonyl (C=O) groups is 2.